The van der Waals surface area contributed by atoms with Crippen LogP contribution in [0.2, 0.25) is 0 Å². The van der Waals surface area contributed by atoms with Crippen LogP contribution in [0.15, 0.2) is 35.1 Å². The molecule has 3 rings (SSSR count). The van der Waals surface area contributed by atoms with Crippen molar-refractivity contribution in [3.05, 3.63) is 30.1 Å². The summed E-state index contributed by atoms with van der Waals surface area (Å²) in [7, 11) is 5.68. The van der Waals surface area contributed by atoms with E-state index in [4.69, 9.17) is 15.2 Å². The van der Waals surface area contributed by atoms with Crippen molar-refractivity contribution in [1.29, 1.82) is 0 Å². The number of ether oxygens (including phenoxy) is 2. The third kappa shape index (κ3) is 3.78. The van der Waals surface area contributed by atoms with E-state index in [1.54, 1.807) is 13.3 Å². The minimum Gasteiger partial charge on any atom is -0.497 e. The van der Waals surface area contributed by atoms with E-state index < -0.39 is 6.29 Å². The van der Waals surface area contributed by atoms with E-state index in [0.29, 0.717) is 18.4 Å². The van der Waals surface area contributed by atoms with E-state index in [1.165, 1.54) is 0 Å². The van der Waals surface area contributed by atoms with Gasteiger partial charge in [-0.05, 0) is 31.2 Å². The molecule has 0 bridgehead atoms. The maximum absolute atomic E-state index is 6.27. The number of nitrogens with two attached hydrogens (primary N) is 1. The van der Waals surface area contributed by atoms with E-state index in [2.05, 4.69) is 29.2 Å². The predicted molar refractivity (Wildman–Crippen MR) is 105 cm³/mol. The quantitative estimate of drug-likeness (QED) is 0.801. The second kappa shape index (κ2) is 7.97. The number of aliphatic imine (C=N–C) groups is 1. The summed E-state index contributed by atoms with van der Waals surface area (Å²) in [4.78, 5) is 8.58. The molecule has 0 aliphatic carbocycles. The van der Waals surface area contributed by atoms with Gasteiger partial charge in [0.15, 0.2) is 6.29 Å². The van der Waals surface area contributed by atoms with E-state index in [1.807, 2.05) is 36.2 Å². The molecule has 2 aliphatic rings. The highest BCUT2D eigenvalue weighted by molar-refractivity contribution is 5.77. The number of anilines is 1. The molecular formula is C19H29N5O2. The Morgan fingerprint density at radius 3 is 2.81 bits per heavy atom. The average molecular weight is 359 g/mol. The molecule has 0 radical (unpaired) electrons. The van der Waals surface area contributed by atoms with Gasteiger partial charge < -0.3 is 19.7 Å². The molecule has 2 aliphatic heterocycles. The molecule has 1 fully saturated rings. The van der Waals surface area contributed by atoms with Crippen LogP contribution in [0.3, 0.4) is 0 Å². The molecule has 1 aromatic rings. The Kier molecular flexibility index (Phi) is 5.68. The average Bonchev–Trinajstić information content (AvgIpc) is 2.97. The lowest BCUT2D eigenvalue weighted by Gasteiger charge is -2.33. The molecule has 0 aromatic heterocycles. The fourth-order valence-electron chi connectivity index (χ4n) is 3.61. The number of allylic oxidation sites excluding steroid dienone is 1. The maximum Gasteiger partial charge on any atom is 0.179 e. The number of nitrogens with zero attached hydrogens (tertiary/aromatic N) is 3. The highest BCUT2D eigenvalue weighted by atomic mass is 16.5. The first kappa shape index (κ1) is 18.5. The predicted octanol–water partition coefficient (Wildman–Crippen LogP) is 1.47. The Labute approximate surface area is 155 Å². The van der Waals surface area contributed by atoms with Crippen molar-refractivity contribution in [3.63, 3.8) is 0 Å². The molecule has 0 saturated carbocycles. The minimum atomic E-state index is -0.505. The topological polar surface area (TPSA) is 75.3 Å². The van der Waals surface area contributed by atoms with Crippen molar-refractivity contribution in [1.82, 2.24) is 10.2 Å². The number of methoxy groups -OCH3 is 1. The second-order valence-electron chi connectivity index (χ2n) is 6.99. The lowest BCUT2D eigenvalue weighted by Crippen LogP contribution is -2.45. The van der Waals surface area contributed by atoms with Gasteiger partial charge in [-0.25, -0.2) is 0 Å². The number of nitrogens with one attached hydrogen (secondary N) is 1. The van der Waals surface area contributed by atoms with Gasteiger partial charge in [-0.3, -0.25) is 15.6 Å². The van der Waals surface area contributed by atoms with Crippen LogP contribution in [-0.2, 0) is 0 Å². The normalized spacial score (nSPS) is 26.0. The van der Waals surface area contributed by atoms with E-state index in [-0.39, 0.29) is 0 Å². The summed E-state index contributed by atoms with van der Waals surface area (Å²) in [6.45, 7) is 5.10. The Bertz CT molecular complexity index is 691. The minimum absolute atomic E-state index is 0.505. The van der Waals surface area contributed by atoms with Crippen LogP contribution < -0.4 is 25.4 Å². The zero-order valence-electron chi connectivity index (χ0n) is 16.0. The third-order valence-corrected chi connectivity index (χ3v) is 5.08. The summed E-state index contributed by atoms with van der Waals surface area (Å²) in [6.07, 6.45) is 3.10. The molecule has 0 amide bonds. The molecule has 7 nitrogen and oxygen atoms in total. The van der Waals surface area contributed by atoms with Crippen molar-refractivity contribution in [2.45, 2.75) is 13.2 Å². The fraction of sp³-hybridized carbons (Fsp3) is 0.526. The third-order valence-electron chi connectivity index (χ3n) is 5.08. The number of likely N-dealkylation sites (tertiary alicyclic amines) is 1. The van der Waals surface area contributed by atoms with Gasteiger partial charge in [0, 0.05) is 38.3 Å². The highest BCUT2D eigenvalue weighted by Gasteiger charge is 2.29. The summed E-state index contributed by atoms with van der Waals surface area (Å²) in [5.41, 5.74) is 7.10. The number of hydrogen-bond donors (Lipinski definition) is 2. The Morgan fingerprint density at radius 1 is 1.35 bits per heavy atom. The van der Waals surface area contributed by atoms with Crippen LogP contribution >= 0.6 is 0 Å². The van der Waals surface area contributed by atoms with Crippen LogP contribution in [0.1, 0.15) is 6.92 Å². The van der Waals surface area contributed by atoms with Crippen molar-refractivity contribution in [3.8, 4) is 11.5 Å². The lowest BCUT2D eigenvalue weighted by atomic mass is 9.99. The van der Waals surface area contributed by atoms with E-state index in [0.717, 1.165) is 36.1 Å². The smallest absolute Gasteiger partial charge is 0.179 e. The number of rotatable bonds is 6. The first-order chi connectivity index (χ1) is 12.5. The summed E-state index contributed by atoms with van der Waals surface area (Å²) < 4.78 is 11.7. The van der Waals surface area contributed by atoms with Gasteiger partial charge in [-0.15, -0.1) is 0 Å². The molecule has 26 heavy (non-hydrogen) atoms. The molecule has 2 heterocycles. The largest absolute Gasteiger partial charge is 0.497 e. The molecule has 142 valence electrons. The van der Waals surface area contributed by atoms with E-state index in [9.17, 15) is 0 Å². The molecule has 1 unspecified atom stereocenters. The van der Waals surface area contributed by atoms with Crippen molar-refractivity contribution < 1.29 is 9.47 Å². The Balaban J connectivity index is 1.86. The van der Waals surface area contributed by atoms with Gasteiger partial charge in [0.25, 0.3) is 0 Å². The van der Waals surface area contributed by atoms with Gasteiger partial charge in [0.2, 0.25) is 0 Å². The Hall–Kier alpha value is -2.25. The molecule has 1 aromatic carbocycles. The summed E-state index contributed by atoms with van der Waals surface area (Å²) in [6, 6.07) is 5.79. The first-order valence-corrected chi connectivity index (χ1v) is 8.99. The van der Waals surface area contributed by atoms with Gasteiger partial charge in [0.1, 0.15) is 17.3 Å². The molecule has 3 atom stereocenters. The van der Waals surface area contributed by atoms with Gasteiger partial charge >= 0.3 is 0 Å². The zero-order chi connectivity index (χ0) is 18.7. The number of hydrogen-bond acceptors (Lipinski definition) is 7. The molecule has 0 spiro atoms. The van der Waals surface area contributed by atoms with E-state index >= 15 is 0 Å². The van der Waals surface area contributed by atoms with Gasteiger partial charge in [-0.2, -0.15) is 0 Å². The van der Waals surface area contributed by atoms with Gasteiger partial charge in [-0.1, -0.05) is 6.92 Å². The van der Waals surface area contributed by atoms with Crippen molar-refractivity contribution in [2.75, 3.05) is 45.8 Å². The molecular weight excluding hydrogens is 330 g/mol. The van der Waals surface area contributed by atoms with Crippen LogP contribution in [-0.4, -0.2) is 58.3 Å². The first-order valence-electron chi connectivity index (χ1n) is 8.99. The molecule has 3 N–H and O–H groups in total. The van der Waals surface area contributed by atoms with Crippen LogP contribution in [0, 0.1) is 11.8 Å². The van der Waals surface area contributed by atoms with Gasteiger partial charge in [0.05, 0.1) is 19.4 Å². The zero-order valence-corrected chi connectivity index (χ0v) is 16.0. The maximum atomic E-state index is 6.27. The SMILES string of the molecule is CNC1=CC=NC(N)N1c1ccc(OC)cc1OC[C@H]1CN(C)C[C@@H]1C. The second-order valence-corrected chi connectivity index (χ2v) is 6.99. The van der Waals surface area contributed by atoms with Crippen molar-refractivity contribution >= 4 is 11.9 Å². The van der Waals surface area contributed by atoms with Crippen LogP contribution in [0.25, 0.3) is 0 Å². The summed E-state index contributed by atoms with van der Waals surface area (Å²) in [5.74, 6) is 3.50. The summed E-state index contributed by atoms with van der Waals surface area (Å²) in [5, 5.41) is 3.17. The lowest BCUT2D eigenvalue weighted by molar-refractivity contribution is 0.228. The van der Waals surface area contributed by atoms with Crippen LogP contribution in [0.5, 0.6) is 11.5 Å². The molecule has 1 saturated heterocycles. The Morgan fingerprint density at radius 2 is 2.15 bits per heavy atom. The highest BCUT2D eigenvalue weighted by Crippen LogP contribution is 2.36. The van der Waals surface area contributed by atoms with Crippen LogP contribution in [0.4, 0.5) is 5.69 Å². The number of benzene rings is 1. The van der Waals surface area contributed by atoms with Crippen molar-refractivity contribution in [2.24, 2.45) is 22.6 Å². The monoisotopic (exact) mass is 359 g/mol. The summed E-state index contributed by atoms with van der Waals surface area (Å²) >= 11 is 0. The fourth-order valence-corrected chi connectivity index (χ4v) is 3.61. The molecule has 7 heteroatoms. The standard InChI is InChI=1S/C19H29N5O2/c1-13-10-23(3)11-14(13)12-26-17-9-15(25-4)5-6-16(17)24-18(21-2)7-8-22-19(24)20/h5-9,13-14,19,21H,10-12,20H2,1-4H3/t13-,14+,19?/m0/s1.